The molecule has 2 aromatic heterocycles. The molecule has 0 saturated carbocycles. The van der Waals surface area contributed by atoms with Crippen LogP contribution in [0.2, 0.25) is 0 Å². The maximum atomic E-state index is 11.9. The van der Waals surface area contributed by atoms with Crippen molar-refractivity contribution in [2.24, 2.45) is 7.05 Å². The van der Waals surface area contributed by atoms with Gasteiger partial charge in [-0.2, -0.15) is 4.98 Å². The van der Waals surface area contributed by atoms with Gasteiger partial charge >= 0.3 is 0 Å². The highest BCUT2D eigenvalue weighted by atomic mass is 32.2. The summed E-state index contributed by atoms with van der Waals surface area (Å²) >= 11 is 2.54. The number of rotatable bonds is 4. The van der Waals surface area contributed by atoms with Crippen LogP contribution in [0.25, 0.3) is 0 Å². The number of thiophene rings is 1. The van der Waals surface area contributed by atoms with E-state index in [1.807, 2.05) is 6.26 Å². The standard InChI is InChI=1S/C8H10N4O2S3/c1-12-8(15-2)9-7(10-12)11-17(13,14)6-4-3-5-16-6/h3-5H,1-2H3,(H,10,11). The number of anilines is 1. The Labute approximate surface area is 107 Å². The normalized spacial score (nSPS) is 11.6. The van der Waals surface area contributed by atoms with Gasteiger partial charge in [0.1, 0.15) is 4.21 Å². The highest BCUT2D eigenvalue weighted by Gasteiger charge is 2.18. The average Bonchev–Trinajstić information content (AvgIpc) is 2.86. The molecule has 2 rings (SSSR count). The summed E-state index contributed by atoms with van der Waals surface area (Å²) in [4.78, 5) is 4.05. The molecule has 17 heavy (non-hydrogen) atoms. The minimum atomic E-state index is -3.56. The summed E-state index contributed by atoms with van der Waals surface area (Å²) in [6.45, 7) is 0. The predicted octanol–water partition coefficient (Wildman–Crippen LogP) is 1.40. The van der Waals surface area contributed by atoms with Crippen molar-refractivity contribution in [2.45, 2.75) is 9.37 Å². The number of nitrogens with one attached hydrogen (secondary N) is 1. The van der Waals surface area contributed by atoms with Gasteiger partial charge in [-0.05, 0) is 17.7 Å². The molecule has 0 saturated heterocycles. The minimum Gasteiger partial charge on any atom is -0.245 e. The Morgan fingerprint density at radius 3 is 2.82 bits per heavy atom. The second kappa shape index (κ2) is 4.67. The fourth-order valence-electron chi connectivity index (χ4n) is 1.18. The highest BCUT2D eigenvalue weighted by molar-refractivity contribution is 7.98. The van der Waals surface area contributed by atoms with Crippen molar-refractivity contribution in [3.63, 3.8) is 0 Å². The summed E-state index contributed by atoms with van der Waals surface area (Å²) in [6, 6.07) is 3.21. The number of aryl methyl sites for hydroxylation is 1. The molecule has 6 nitrogen and oxygen atoms in total. The quantitative estimate of drug-likeness (QED) is 0.861. The third-order valence-corrected chi connectivity index (χ3v) is 5.34. The topological polar surface area (TPSA) is 76.9 Å². The molecule has 0 aliphatic carbocycles. The van der Waals surface area contributed by atoms with Crippen molar-refractivity contribution in [3.8, 4) is 0 Å². The van der Waals surface area contributed by atoms with Crippen LogP contribution in [0.5, 0.6) is 0 Å². The van der Waals surface area contributed by atoms with Crippen LogP contribution < -0.4 is 4.72 Å². The van der Waals surface area contributed by atoms with Crippen LogP contribution in [0, 0.1) is 0 Å². The Hall–Kier alpha value is -1.06. The van der Waals surface area contributed by atoms with Crippen molar-refractivity contribution in [3.05, 3.63) is 17.5 Å². The largest absolute Gasteiger partial charge is 0.273 e. The van der Waals surface area contributed by atoms with E-state index in [0.29, 0.717) is 5.16 Å². The van der Waals surface area contributed by atoms with Gasteiger partial charge < -0.3 is 0 Å². The Morgan fingerprint density at radius 1 is 1.53 bits per heavy atom. The Morgan fingerprint density at radius 2 is 2.29 bits per heavy atom. The molecule has 0 aliphatic rings. The molecular formula is C8H10N4O2S3. The van der Waals surface area contributed by atoms with Gasteiger partial charge in [0, 0.05) is 7.05 Å². The van der Waals surface area contributed by atoms with Gasteiger partial charge in [0.05, 0.1) is 0 Å². The summed E-state index contributed by atoms with van der Waals surface area (Å²) in [5, 5.41) is 6.32. The van der Waals surface area contributed by atoms with E-state index < -0.39 is 10.0 Å². The first-order chi connectivity index (χ1) is 8.03. The molecular weight excluding hydrogens is 280 g/mol. The molecule has 92 valence electrons. The maximum Gasteiger partial charge on any atom is 0.273 e. The lowest BCUT2D eigenvalue weighted by molar-refractivity contribution is 0.602. The van der Waals surface area contributed by atoms with E-state index >= 15 is 0 Å². The summed E-state index contributed by atoms with van der Waals surface area (Å²) in [6.07, 6.45) is 1.85. The van der Waals surface area contributed by atoms with E-state index in [9.17, 15) is 8.42 Å². The molecule has 0 bridgehead atoms. The van der Waals surface area contributed by atoms with Crippen LogP contribution >= 0.6 is 23.1 Å². The van der Waals surface area contributed by atoms with Crippen LogP contribution in [-0.4, -0.2) is 29.4 Å². The van der Waals surface area contributed by atoms with Crippen LogP contribution in [-0.2, 0) is 17.1 Å². The monoisotopic (exact) mass is 290 g/mol. The van der Waals surface area contributed by atoms with Crippen molar-refractivity contribution >= 4 is 39.1 Å². The summed E-state index contributed by atoms with van der Waals surface area (Å²) < 4.78 is 27.9. The molecule has 1 N–H and O–H groups in total. The van der Waals surface area contributed by atoms with Gasteiger partial charge in [0.2, 0.25) is 0 Å². The summed E-state index contributed by atoms with van der Waals surface area (Å²) in [5.74, 6) is 0.0882. The van der Waals surface area contributed by atoms with E-state index in [1.54, 1.807) is 18.5 Å². The third kappa shape index (κ3) is 2.61. The van der Waals surface area contributed by atoms with E-state index in [-0.39, 0.29) is 10.2 Å². The van der Waals surface area contributed by atoms with Gasteiger partial charge in [-0.25, -0.2) is 17.8 Å². The molecule has 0 unspecified atom stereocenters. The van der Waals surface area contributed by atoms with Crippen molar-refractivity contribution in [1.82, 2.24) is 14.8 Å². The Balaban J connectivity index is 2.26. The number of hydrogen-bond donors (Lipinski definition) is 1. The van der Waals surface area contributed by atoms with E-state index in [1.165, 1.54) is 22.5 Å². The molecule has 2 aromatic rings. The zero-order valence-electron chi connectivity index (χ0n) is 9.11. The number of nitrogens with zero attached hydrogens (tertiary/aromatic N) is 3. The molecule has 0 spiro atoms. The van der Waals surface area contributed by atoms with Gasteiger partial charge in [-0.3, -0.25) is 0 Å². The first-order valence-electron chi connectivity index (χ1n) is 4.54. The van der Waals surface area contributed by atoms with Crippen LogP contribution in [0.15, 0.2) is 26.9 Å². The SMILES string of the molecule is CSc1nc(NS(=O)(=O)c2cccs2)nn1C. The molecule has 0 amide bonds. The first-order valence-corrected chi connectivity index (χ1v) is 8.13. The molecule has 2 heterocycles. The zero-order valence-corrected chi connectivity index (χ0v) is 11.6. The van der Waals surface area contributed by atoms with Crippen molar-refractivity contribution in [1.29, 1.82) is 0 Å². The maximum absolute atomic E-state index is 11.9. The van der Waals surface area contributed by atoms with Gasteiger partial charge in [0.25, 0.3) is 16.0 Å². The lowest BCUT2D eigenvalue weighted by Gasteiger charge is -2.00. The van der Waals surface area contributed by atoms with Gasteiger partial charge in [0.15, 0.2) is 5.16 Å². The van der Waals surface area contributed by atoms with Crippen LogP contribution in [0.3, 0.4) is 0 Å². The highest BCUT2D eigenvalue weighted by Crippen LogP contribution is 2.19. The molecule has 0 aromatic carbocycles. The Bertz CT molecular complexity index is 603. The molecule has 0 radical (unpaired) electrons. The average molecular weight is 290 g/mol. The third-order valence-electron chi connectivity index (χ3n) is 1.89. The second-order valence-electron chi connectivity index (χ2n) is 3.08. The first kappa shape index (κ1) is 12.4. The lowest BCUT2D eigenvalue weighted by atomic mass is 10.7. The molecule has 0 atom stereocenters. The number of thioether (sulfide) groups is 1. The second-order valence-corrected chi connectivity index (χ2v) is 6.71. The number of sulfonamides is 1. The van der Waals surface area contributed by atoms with E-state index in [0.717, 1.165) is 11.3 Å². The molecule has 0 aliphatic heterocycles. The fourth-order valence-corrected chi connectivity index (χ4v) is 3.59. The van der Waals surface area contributed by atoms with Crippen LogP contribution in [0.4, 0.5) is 5.95 Å². The predicted molar refractivity (Wildman–Crippen MR) is 67.9 cm³/mol. The Kier molecular flexibility index (Phi) is 3.40. The summed E-state index contributed by atoms with van der Waals surface area (Å²) in [7, 11) is -1.85. The summed E-state index contributed by atoms with van der Waals surface area (Å²) in [5.41, 5.74) is 0. The smallest absolute Gasteiger partial charge is 0.245 e. The van der Waals surface area contributed by atoms with Crippen molar-refractivity contribution in [2.75, 3.05) is 11.0 Å². The minimum absolute atomic E-state index is 0.0882. The van der Waals surface area contributed by atoms with Crippen molar-refractivity contribution < 1.29 is 8.42 Å². The molecule has 0 fully saturated rings. The van der Waals surface area contributed by atoms with E-state index in [4.69, 9.17) is 0 Å². The fraction of sp³-hybridized carbons (Fsp3) is 0.250. The van der Waals surface area contributed by atoms with E-state index in [2.05, 4.69) is 14.8 Å². The van der Waals surface area contributed by atoms with Gasteiger partial charge in [-0.1, -0.05) is 17.8 Å². The number of aromatic nitrogens is 3. The lowest BCUT2D eigenvalue weighted by Crippen LogP contribution is -2.12. The zero-order chi connectivity index (χ0) is 12.5. The molecule has 9 heteroatoms. The van der Waals surface area contributed by atoms with Crippen LogP contribution in [0.1, 0.15) is 0 Å². The number of hydrogen-bond acceptors (Lipinski definition) is 6. The van der Waals surface area contributed by atoms with Gasteiger partial charge in [-0.15, -0.1) is 16.4 Å².